The minimum atomic E-state index is -0.320. The molecule has 0 fully saturated rings. The number of esters is 1. The zero-order valence-electron chi connectivity index (χ0n) is 17.7. The van der Waals surface area contributed by atoms with Crippen molar-refractivity contribution in [2.75, 3.05) is 19.0 Å². The first-order valence-corrected chi connectivity index (χ1v) is 10.2. The Morgan fingerprint density at radius 2 is 1.83 bits per heavy atom. The van der Waals surface area contributed by atoms with Gasteiger partial charge in [-0.1, -0.05) is 26.0 Å². The summed E-state index contributed by atoms with van der Waals surface area (Å²) in [5.41, 5.74) is 3.46. The Bertz CT molecular complexity index is 835. The molecule has 0 amide bonds. The lowest BCUT2D eigenvalue weighted by atomic mass is 9.97. The molecule has 1 atom stereocenters. The molecule has 2 aromatic carbocycles. The molecule has 0 heterocycles. The number of methoxy groups -OCH3 is 1. The quantitative estimate of drug-likeness (QED) is 0.454. The van der Waals surface area contributed by atoms with Crippen LogP contribution in [0.3, 0.4) is 0 Å². The third-order valence-corrected chi connectivity index (χ3v) is 4.74. The second-order valence-electron chi connectivity index (χ2n) is 7.30. The number of rotatable bonds is 8. The van der Waals surface area contributed by atoms with Crippen LogP contribution in [-0.2, 0) is 4.74 Å². The van der Waals surface area contributed by atoms with Crippen molar-refractivity contribution in [3.63, 3.8) is 0 Å². The lowest BCUT2D eigenvalue weighted by Gasteiger charge is -2.24. The fraction of sp³-hybridized carbons (Fsp3) is 0.391. The molecular formula is C23H30N2O3S. The molecule has 0 saturated carbocycles. The molecule has 0 aliphatic carbocycles. The van der Waals surface area contributed by atoms with Gasteiger partial charge in [-0.05, 0) is 79.9 Å². The van der Waals surface area contributed by atoms with Crippen LogP contribution in [0.1, 0.15) is 54.7 Å². The van der Waals surface area contributed by atoms with Crippen LogP contribution in [0, 0.1) is 12.8 Å². The highest BCUT2D eigenvalue weighted by Gasteiger charge is 2.16. The lowest BCUT2D eigenvalue weighted by molar-refractivity contribution is 0.0526. The van der Waals surface area contributed by atoms with Crippen LogP contribution in [0.25, 0.3) is 0 Å². The van der Waals surface area contributed by atoms with Crippen molar-refractivity contribution < 1.29 is 14.3 Å². The number of ether oxygens (including phenoxy) is 2. The molecule has 0 aromatic heterocycles. The molecule has 0 radical (unpaired) electrons. The fourth-order valence-electron chi connectivity index (χ4n) is 3.05. The number of thiocarbonyl (C=S) groups is 1. The van der Waals surface area contributed by atoms with Crippen LogP contribution in [-0.4, -0.2) is 24.8 Å². The van der Waals surface area contributed by atoms with Crippen molar-refractivity contribution in [3.05, 3.63) is 59.2 Å². The number of hydrogen-bond donors (Lipinski definition) is 2. The smallest absolute Gasteiger partial charge is 0.338 e. The molecule has 6 heteroatoms. The normalized spacial score (nSPS) is 11.7. The standard InChI is InChI=1S/C23H30N2O3S/c1-6-28-22(26)18-9-12-20(16(4)14-18)24-23(29)25-21(13-15(2)3)17-7-10-19(27-5)11-8-17/h7-12,14-15,21H,6,13H2,1-5H3,(H2,24,25,29). The minimum Gasteiger partial charge on any atom is -0.497 e. The average Bonchev–Trinajstić information content (AvgIpc) is 2.69. The van der Waals surface area contributed by atoms with Gasteiger partial charge < -0.3 is 20.1 Å². The number of hydrogen-bond acceptors (Lipinski definition) is 4. The molecule has 0 aliphatic heterocycles. The Morgan fingerprint density at radius 1 is 1.14 bits per heavy atom. The van der Waals surface area contributed by atoms with Crippen LogP contribution in [0.2, 0.25) is 0 Å². The van der Waals surface area contributed by atoms with Gasteiger partial charge in [0.05, 0.1) is 25.3 Å². The number of benzene rings is 2. The number of carbonyl (C=O) groups excluding carboxylic acids is 1. The Morgan fingerprint density at radius 3 is 2.38 bits per heavy atom. The van der Waals surface area contributed by atoms with Gasteiger partial charge in [-0.3, -0.25) is 0 Å². The highest BCUT2D eigenvalue weighted by molar-refractivity contribution is 7.80. The van der Waals surface area contributed by atoms with E-state index < -0.39 is 0 Å². The first-order chi connectivity index (χ1) is 13.8. The van der Waals surface area contributed by atoms with Gasteiger partial charge in [0.1, 0.15) is 5.75 Å². The van der Waals surface area contributed by atoms with Crippen LogP contribution in [0.15, 0.2) is 42.5 Å². The maximum atomic E-state index is 11.9. The minimum absolute atomic E-state index is 0.0833. The van der Waals surface area contributed by atoms with Gasteiger partial charge in [0.25, 0.3) is 0 Å². The SMILES string of the molecule is CCOC(=O)c1ccc(NC(=S)NC(CC(C)C)c2ccc(OC)cc2)c(C)c1. The van der Waals surface area contributed by atoms with Gasteiger partial charge in [0.2, 0.25) is 0 Å². The van der Waals surface area contributed by atoms with E-state index in [-0.39, 0.29) is 12.0 Å². The van der Waals surface area contributed by atoms with E-state index in [1.54, 1.807) is 26.2 Å². The van der Waals surface area contributed by atoms with E-state index in [1.165, 1.54) is 0 Å². The average molecular weight is 415 g/mol. The van der Waals surface area contributed by atoms with Gasteiger partial charge in [0, 0.05) is 5.69 Å². The van der Waals surface area contributed by atoms with Crippen LogP contribution >= 0.6 is 12.2 Å². The van der Waals surface area contributed by atoms with Crippen molar-refractivity contribution in [2.45, 2.75) is 40.2 Å². The summed E-state index contributed by atoms with van der Waals surface area (Å²) in [4.78, 5) is 11.9. The Kier molecular flexibility index (Phi) is 8.46. The second kappa shape index (κ2) is 10.8. The zero-order chi connectivity index (χ0) is 21.4. The van der Waals surface area contributed by atoms with Crippen LogP contribution in [0.5, 0.6) is 5.75 Å². The van der Waals surface area contributed by atoms with E-state index in [4.69, 9.17) is 21.7 Å². The maximum Gasteiger partial charge on any atom is 0.338 e. The molecule has 5 nitrogen and oxygen atoms in total. The molecule has 0 saturated heterocycles. The maximum absolute atomic E-state index is 11.9. The van der Waals surface area contributed by atoms with E-state index in [9.17, 15) is 4.79 Å². The second-order valence-corrected chi connectivity index (χ2v) is 7.71. The lowest BCUT2D eigenvalue weighted by Crippen LogP contribution is -2.33. The van der Waals surface area contributed by atoms with Crippen molar-refractivity contribution in [1.29, 1.82) is 0 Å². The third-order valence-electron chi connectivity index (χ3n) is 4.52. The number of carbonyl (C=O) groups is 1. The van der Waals surface area contributed by atoms with E-state index in [0.717, 1.165) is 29.0 Å². The van der Waals surface area contributed by atoms with Gasteiger partial charge in [-0.25, -0.2) is 4.79 Å². The molecule has 0 spiro atoms. The molecule has 2 aromatic rings. The van der Waals surface area contributed by atoms with E-state index in [1.807, 2.05) is 25.1 Å². The molecular weight excluding hydrogens is 384 g/mol. The van der Waals surface area contributed by atoms with E-state index >= 15 is 0 Å². The first kappa shape index (κ1) is 22.7. The van der Waals surface area contributed by atoms with Crippen LogP contribution < -0.4 is 15.4 Å². The summed E-state index contributed by atoms with van der Waals surface area (Å²) in [6.45, 7) is 8.46. The summed E-state index contributed by atoms with van der Waals surface area (Å²) in [6.07, 6.45) is 0.939. The summed E-state index contributed by atoms with van der Waals surface area (Å²) in [5, 5.41) is 7.21. The number of nitrogens with one attached hydrogen (secondary N) is 2. The summed E-state index contributed by atoms with van der Waals surface area (Å²) in [6, 6.07) is 13.5. The molecule has 29 heavy (non-hydrogen) atoms. The zero-order valence-corrected chi connectivity index (χ0v) is 18.6. The molecule has 156 valence electrons. The first-order valence-electron chi connectivity index (χ1n) is 9.83. The summed E-state index contributed by atoms with van der Waals surface area (Å²) in [7, 11) is 1.66. The molecule has 1 unspecified atom stereocenters. The van der Waals surface area contributed by atoms with Gasteiger partial charge in [-0.2, -0.15) is 0 Å². The third kappa shape index (κ3) is 6.75. The monoisotopic (exact) mass is 414 g/mol. The highest BCUT2D eigenvalue weighted by Crippen LogP contribution is 2.24. The topological polar surface area (TPSA) is 59.6 Å². The van der Waals surface area contributed by atoms with Crippen molar-refractivity contribution in [1.82, 2.24) is 5.32 Å². The Hall–Kier alpha value is -2.60. The van der Waals surface area contributed by atoms with Crippen molar-refractivity contribution in [2.24, 2.45) is 5.92 Å². The predicted molar refractivity (Wildman–Crippen MR) is 122 cm³/mol. The molecule has 0 bridgehead atoms. The predicted octanol–water partition coefficient (Wildman–Crippen LogP) is 5.25. The Balaban J connectivity index is 2.10. The fourth-order valence-corrected chi connectivity index (χ4v) is 3.30. The van der Waals surface area contributed by atoms with Crippen LogP contribution in [0.4, 0.5) is 5.69 Å². The van der Waals surface area contributed by atoms with Gasteiger partial charge in [-0.15, -0.1) is 0 Å². The van der Waals surface area contributed by atoms with Gasteiger partial charge in [0.15, 0.2) is 5.11 Å². The summed E-state index contributed by atoms with van der Waals surface area (Å²) >= 11 is 5.56. The van der Waals surface area contributed by atoms with E-state index in [0.29, 0.717) is 23.2 Å². The largest absolute Gasteiger partial charge is 0.497 e. The van der Waals surface area contributed by atoms with E-state index in [2.05, 4.69) is 36.6 Å². The number of aryl methyl sites for hydroxylation is 1. The molecule has 0 aliphatic rings. The summed E-state index contributed by atoms with van der Waals surface area (Å²) in [5.74, 6) is 1.01. The highest BCUT2D eigenvalue weighted by atomic mass is 32.1. The molecule has 2 N–H and O–H groups in total. The molecule has 2 rings (SSSR count). The van der Waals surface area contributed by atoms with Crippen molar-refractivity contribution >= 4 is 29.0 Å². The Labute approximate surface area is 178 Å². The van der Waals surface area contributed by atoms with Gasteiger partial charge >= 0.3 is 5.97 Å². The summed E-state index contributed by atoms with van der Waals surface area (Å²) < 4.78 is 10.3. The number of anilines is 1. The van der Waals surface area contributed by atoms with Crippen molar-refractivity contribution in [3.8, 4) is 5.75 Å².